The zero-order chi connectivity index (χ0) is 13.0. The molecule has 1 aromatic carbocycles. The fourth-order valence-corrected chi connectivity index (χ4v) is 2.91. The van der Waals surface area contributed by atoms with Gasteiger partial charge in [0.05, 0.1) is 6.04 Å². The monoisotopic (exact) mass is 259 g/mol. The van der Waals surface area contributed by atoms with Gasteiger partial charge in [-0.15, -0.1) is 11.3 Å². The van der Waals surface area contributed by atoms with E-state index in [1.807, 2.05) is 11.3 Å². The molecular weight excluding hydrogens is 238 g/mol. The van der Waals surface area contributed by atoms with Gasteiger partial charge in [0.1, 0.15) is 0 Å². The van der Waals surface area contributed by atoms with Crippen LogP contribution in [0, 0.1) is 13.8 Å². The van der Waals surface area contributed by atoms with E-state index in [0.29, 0.717) is 6.04 Å². The third kappa shape index (κ3) is 3.21. The molecule has 0 spiro atoms. The van der Waals surface area contributed by atoms with Crippen LogP contribution in [0.3, 0.4) is 0 Å². The van der Waals surface area contributed by atoms with Crippen molar-refractivity contribution in [3.05, 3.63) is 57.3 Å². The second-order valence-electron chi connectivity index (χ2n) is 4.79. The Bertz CT molecular complexity index is 501. The molecule has 0 fully saturated rings. The Balaban J connectivity index is 2.30. The number of nitrogens with one attached hydrogen (secondary N) is 1. The van der Waals surface area contributed by atoms with E-state index in [1.54, 1.807) is 0 Å². The molecule has 1 unspecified atom stereocenters. The molecule has 0 bridgehead atoms. The molecule has 1 nitrogen and oxygen atoms in total. The first-order chi connectivity index (χ1) is 8.70. The highest BCUT2D eigenvalue weighted by Crippen LogP contribution is 2.26. The average Bonchev–Trinajstić information content (AvgIpc) is 2.76. The SMILES string of the molecule is CCCNC(c1cccc(C)c1)c1csc(C)c1. The Labute approximate surface area is 114 Å². The molecule has 0 aliphatic rings. The van der Waals surface area contributed by atoms with Crippen LogP contribution in [0.1, 0.15) is 41.0 Å². The average molecular weight is 259 g/mol. The Hall–Kier alpha value is -1.12. The van der Waals surface area contributed by atoms with Crippen LogP contribution in [0.4, 0.5) is 0 Å². The fourth-order valence-electron chi connectivity index (χ4n) is 2.18. The van der Waals surface area contributed by atoms with E-state index in [1.165, 1.54) is 21.6 Å². The van der Waals surface area contributed by atoms with Gasteiger partial charge in [0.2, 0.25) is 0 Å². The number of benzene rings is 1. The first-order valence-electron chi connectivity index (χ1n) is 6.55. The summed E-state index contributed by atoms with van der Waals surface area (Å²) in [5.41, 5.74) is 4.07. The highest BCUT2D eigenvalue weighted by Gasteiger charge is 2.14. The number of aryl methyl sites for hydroxylation is 2. The lowest BCUT2D eigenvalue weighted by Gasteiger charge is -2.18. The summed E-state index contributed by atoms with van der Waals surface area (Å²) in [5, 5.41) is 5.92. The standard InChI is InChI=1S/C16H21NS/c1-4-8-17-16(15-10-13(3)18-11-15)14-7-5-6-12(2)9-14/h5-7,9-11,16-17H,4,8H2,1-3H3. The maximum Gasteiger partial charge on any atom is 0.0585 e. The maximum absolute atomic E-state index is 3.65. The van der Waals surface area contributed by atoms with Crippen LogP contribution in [-0.2, 0) is 0 Å². The van der Waals surface area contributed by atoms with Crippen LogP contribution >= 0.6 is 11.3 Å². The quantitative estimate of drug-likeness (QED) is 0.836. The molecule has 18 heavy (non-hydrogen) atoms. The van der Waals surface area contributed by atoms with Crippen LogP contribution in [0.5, 0.6) is 0 Å². The molecule has 2 rings (SSSR count). The van der Waals surface area contributed by atoms with Crippen LogP contribution < -0.4 is 5.32 Å². The second kappa shape index (κ2) is 6.17. The summed E-state index contributed by atoms with van der Waals surface area (Å²) in [6.45, 7) is 7.58. The summed E-state index contributed by atoms with van der Waals surface area (Å²) in [6.07, 6.45) is 1.16. The normalized spacial score (nSPS) is 12.6. The molecule has 0 amide bonds. The minimum Gasteiger partial charge on any atom is -0.306 e. The number of rotatable bonds is 5. The smallest absolute Gasteiger partial charge is 0.0585 e. The van der Waals surface area contributed by atoms with E-state index in [2.05, 4.69) is 61.8 Å². The van der Waals surface area contributed by atoms with Gasteiger partial charge in [0, 0.05) is 4.88 Å². The predicted molar refractivity (Wildman–Crippen MR) is 80.4 cm³/mol. The summed E-state index contributed by atoms with van der Waals surface area (Å²) in [6, 6.07) is 11.4. The fraction of sp³-hybridized carbons (Fsp3) is 0.375. The molecule has 2 aromatic rings. The Morgan fingerprint density at radius 2 is 2.00 bits per heavy atom. The summed E-state index contributed by atoms with van der Waals surface area (Å²) in [7, 11) is 0. The number of hydrogen-bond donors (Lipinski definition) is 1. The molecule has 96 valence electrons. The van der Waals surface area contributed by atoms with Crippen molar-refractivity contribution >= 4 is 11.3 Å². The summed E-state index contributed by atoms with van der Waals surface area (Å²) < 4.78 is 0. The van der Waals surface area contributed by atoms with E-state index in [9.17, 15) is 0 Å². The second-order valence-corrected chi connectivity index (χ2v) is 5.91. The summed E-state index contributed by atoms with van der Waals surface area (Å²) in [5.74, 6) is 0. The van der Waals surface area contributed by atoms with Crippen molar-refractivity contribution in [2.75, 3.05) is 6.54 Å². The lowest BCUT2D eigenvalue weighted by atomic mass is 9.99. The first-order valence-corrected chi connectivity index (χ1v) is 7.43. The number of thiophene rings is 1. The van der Waals surface area contributed by atoms with E-state index in [4.69, 9.17) is 0 Å². The van der Waals surface area contributed by atoms with Crippen molar-refractivity contribution in [2.24, 2.45) is 0 Å². The van der Waals surface area contributed by atoms with E-state index in [0.717, 1.165) is 13.0 Å². The number of hydrogen-bond acceptors (Lipinski definition) is 2. The Morgan fingerprint density at radius 3 is 2.61 bits per heavy atom. The molecule has 1 atom stereocenters. The van der Waals surface area contributed by atoms with Gasteiger partial charge < -0.3 is 5.32 Å². The molecule has 0 radical (unpaired) electrons. The molecule has 2 heteroatoms. The van der Waals surface area contributed by atoms with Crippen molar-refractivity contribution < 1.29 is 0 Å². The van der Waals surface area contributed by atoms with Gasteiger partial charge in [-0.05, 0) is 49.4 Å². The molecule has 0 aliphatic carbocycles. The van der Waals surface area contributed by atoms with E-state index in [-0.39, 0.29) is 0 Å². The lowest BCUT2D eigenvalue weighted by molar-refractivity contribution is 0.599. The third-order valence-electron chi connectivity index (χ3n) is 3.06. The third-order valence-corrected chi connectivity index (χ3v) is 3.94. The van der Waals surface area contributed by atoms with Crippen LogP contribution in [-0.4, -0.2) is 6.54 Å². The molecule has 1 N–H and O–H groups in total. The van der Waals surface area contributed by atoms with E-state index < -0.39 is 0 Å². The Kier molecular flexibility index (Phi) is 4.56. The Morgan fingerprint density at radius 1 is 1.17 bits per heavy atom. The van der Waals surface area contributed by atoms with Crippen molar-refractivity contribution in [3.63, 3.8) is 0 Å². The van der Waals surface area contributed by atoms with Gasteiger partial charge in [0.15, 0.2) is 0 Å². The van der Waals surface area contributed by atoms with Gasteiger partial charge in [-0.1, -0.05) is 36.8 Å². The maximum atomic E-state index is 3.65. The van der Waals surface area contributed by atoms with Crippen molar-refractivity contribution in [1.82, 2.24) is 5.32 Å². The zero-order valence-corrected chi connectivity index (χ0v) is 12.2. The van der Waals surface area contributed by atoms with Gasteiger partial charge in [0.25, 0.3) is 0 Å². The van der Waals surface area contributed by atoms with Crippen LogP contribution in [0.15, 0.2) is 35.7 Å². The molecular formula is C16H21NS. The van der Waals surface area contributed by atoms with Gasteiger partial charge in [-0.3, -0.25) is 0 Å². The molecule has 0 aliphatic heterocycles. The minimum atomic E-state index is 0.329. The molecule has 0 saturated heterocycles. The van der Waals surface area contributed by atoms with Crippen molar-refractivity contribution in [3.8, 4) is 0 Å². The summed E-state index contributed by atoms with van der Waals surface area (Å²) >= 11 is 1.83. The zero-order valence-electron chi connectivity index (χ0n) is 11.4. The summed E-state index contributed by atoms with van der Waals surface area (Å²) in [4.78, 5) is 1.38. The lowest BCUT2D eigenvalue weighted by Crippen LogP contribution is -2.22. The van der Waals surface area contributed by atoms with Crippen molar-refractivity contribution in [2.45, 2.75) is 33.2 Å². The van der Waals surface area contributed by atoms with Gasteiger partial charge in [-0.25, -0.2) is 0 Å². The van der Waals surface area contributed by atoms with Gasteiger partial charge in [-0.2, -0.15) is 0 Å². The minimum absolute atomic E-state index is 0.329. The van der Waals surface area contributed by atoms with Gasteiger partial charge >= 0.3 is 0 Å². The predicted octanol–water partition coefficient (Wildman–Crippen LogP) is 4.45. The highest BCUT2D eigenvalue weighted by molar-refractivity contribution is 7.10. The van der Waals surface area contributed by atoms with Crippen LogP contribution in [0.2, 0.25) is 0 Å². The van der Waals surface area contributed by atoms with Crippen LogP contribution in [0.25, 0.3) is 0 Å². The largest absolute Gasteiger partial charge is 0.306 e. The van der Waals surface area contributed by atoms with Crippen molar-refractivity contribution in [1.29, 1.82) is 0 Å². The highest BCUT2D eigenvalue weighted by atomic mass is 32.1. The first kappa shape index (κ1) is 13.3. The van der Waals surface area contributed by atoms with E-state index >= 15 is 0 Å². The molecule has 0 saturated carbocycles. The molecule has 1 heterocycles. The topological polar surface area (TPSA) is 12.0 Å². The molecule has 1 aromatic heterocycles.